The number of alkyl halides is 2. The van der Waals surface area contributed by atoms with Crippen molar-refractivity contribution in [2.45, 2.75) is 88.8 Å². The number of hydrogen-bond donors (Lipinski definition) is 2. The summed E-state index contributed by atoms with van der Waals surface area (Å²) in [5.74, 6) is 0.333. The number of sulfonamides is 1. The quantitative estimate of drug-likeness (QED) is 0.276. The third-order valence-corrected chi connectivity index (χ3v) is 14.0. The van der Waals surface area contributed by atoms with E-state index in [0.717, 1.165) is 70.7 Å². The molecule has 1 amide bonds. The third-order valence-electron chi connectivity index (χ3n) is 11.1. The second kappa shape index (κ2) is 14.2. The van der Waals surface area contributed by atoms with E-state index in [2.05, 4.69) is 26.9 Å². The number of fused-ring (bicyclic) bond motifs is 4. The maximum atomic E-state index is 15.5. The number of carbonyl (C=O) groups excluding carboxylic acids is 1. The average Bonchev–Trinajstić information content (AvgIpc) is 3.85. The van der Waals surface area contributed by atoms with Gasteiger partial charge in [0.05, 0.1) is 41.7 Å². The minimum atomic E-state index is -4.16. The molecule has 0 aromatic carbocycles. The number of nitrogen functional groups attached to an aromatic ring is 1. The number of aryl methyl sites for hydroxylation is 1. The van der Waals surface area contributed by atoms with Crippen LogP contribution in [0.25, 0.3) is 11.4 Å². The SMILES string of the molecule is C[C@H]1CNCCCN1c1nc(-c2noc3c2CCC[C@@]32CCCc3sc(N)c(C#N)c32)cc(N(C(F)F)C2CCCS(=O)(=O)N(C(=O)n3ccnn3)C2)n1. The molecule has 6 heterocycles. The Morgan fingerprint density at radius 2 is 2.04 bits per heavy atom. The molecule has 20 heteroatoms. The maximum Gasteiger partial charge on any atom is 0.359 e. The van der Waals surface area contributed by atoms with Crippen molar-refractivity contribution in [3.8, 4) is 17.5 Å². The molecule has 54 heavy (non-hydrogen) atoms. The highest BCUT2D eigenvalue weighted by Crippen LogP contribution is 2.55. The van der Waals surface area contributed by atoms with Crippen LogP contribution < -0.4 is 20.9 Å². The van der Waals surface area contributed by atoms with Crippen LogP contribution in [0, 0.1) is 11.3 Å². The first-order chi connectivity index (χ1) is 26.0. The Balaban J connectivity index is 1.25. The summed E-state index contributed by atoms with van der Waals surface area (Å²) in [7, 11) is -4.16. The molecule has 0 radical (unpaired) electrons. The lowest BCUT2D eigenvalue weighted by molar-refractivity contribution is 0.125. The van der Waals surface area contributed by atoms with Gasteiger partial charge in [-0.15, -0.1) is 16.4 Å². The summed E-state index contributed by atoms with van der Waals surface area (Å²) in [5.41, 5.74) is 8.63. The largest absolute Gasteiger partial charge is 0.389 e. The van der Waals surface area contributed by atoms with Gasteiger partial charge >= 0.3 is 12.6 Å². The number of nitrogens with two attached hydrogens (primary N) is 1. The summed E-state index contributed by atoms with van der Waals surface area (Å²) >= 11 is 1.45. The number of carbonyl (C=O) groups is 1. The molecular weight excluding hydrogens is 743 g/mol. The van der Waals surface area contributed by atoms with E-state index in [1.54, 1.807) is 0 Å². The smallest absolute Gasteiger partial charge is 0.359 e. The molecule has 2 saturated heterocycles. The molecule has 8 rings (SSSR count). The zero-order valence-corrected chi connectivity index (χ0v) is 31.3. The zero-order valence-electron chi connectivity index (χ0n) is 29.6. The van der Waals surface area contributed by atoms with Crippen molar-refractivity contribution < 1.29 is 26.5 Å². The topological polar surface area (TPSA) is 205 Å². The summed E-state index contributed by atoms with van der Waals surface area (Å²) in [6, 6.07) is 1.55. The fourth-order valence-corrected chi connectivity index (χ4v) is 11.3. The Morgan fingerprint density at radius 3 is 2.80 bits per heavy atom. The van der Waals surface area contributed by atoms with Crippen LogP contribution in [-0.2, 0) is 28.3 Å². The highest BCUT2D eigenvalue weighted by Gasteiger charge is 2.49. The molecule has 4 aromatic rings. The van der Waals surface area contributed by atoms with Crippen molar-refractivity contribution >= 4 is 44.2 Å². The first-order valence-electron chi connectivity index (χ1n) is 18.2. The molecule has 0 saturated carbocycles. The number of nitrogens with zero attached hydrogens (tertiary/aromatic N) is 10. The van der Waals surface area contributed by atoms with Gasteiger partial charge in [-0.3, -0.25) is 4.90 Å². The van der Waals surface area contributed by atoms with Crippen LogP contribution in [0.4, 0.5) is 30.3 Å². The van der Waals surface area contributed by atoms with E-state index in [1.807, 2.05) is 11.8 Å². The van der Waals surface area contributed by atoms with Crippen molar-refractivity contribution in [2.24, 2.45) is 0 Å². The number of amides is 1. The van der Waals surface area contributed by atoms with Crippen LogP contribution in [0.1, 0.15) is 79.2 Å². The molecule has 2 aliphatic carbocycles. The summed E-state index contributed by atoms with van der Waals surface area (Å²) in [4.78, 5) is 26.9. The number of thiophene rings is 1. The highest BCUT2D eigenvalue weighted by atomic mass is 32.2. The predicted octanol–water partition coefficient (Wildman–Crippen LogP) is 3.88. The fraction of sp³-hybridized carbons (Fsp3) is 0.559. The van der Waals surface area contributed by atoms with Gasteiger partial charge in [0.25, 0.3) is 0 Å². The number of nitriles is 1. The van der Waals surface area contributed by atoms with E-state index in [1.165, 1.54) is 29.8 Å². The average molecular weight is 783 g/mol. The Bertz CT molecular complexity index is 2200. The lowest BCUT2D eigenvalue weighted by Crippen LogP contribution is -2.50. The Morgan fingerprint density at radius 1 is 1.22 bits per heavy atom. The van der Waals surface area contributed by atoms with Gasteiger partial charge in [0, 0.05) is 35.6 Å². The van der Waals surface area contributed by atoms with E-state index in [0.29, 0.717) is 45.8 Å². The lowest BCUT2D eigenvalue weighted by Gasteiger charge is -2.39. The van der Waals surface area contributed by atoms with Crippen LogP contribution in [0.2, 0.25) is 0 Å². The van der Waals surface area contributed by atoms with Crippen LogP contribution in [-0.4, -0.2) is 99.4 Å². The summed E-state index contributed by atoms with van der Waals surface area (Å²) < 4.78 is 65.2. The van der Waals surface area contributed by atoms with Crippen molar-refractivity contribution in [1.29, 1.82) is 5.26 Å². The minimum absolute atomic E-state index is 0.0373. The monoisotopic (exact) mass is 782 g/mol. The Labute approximate surface area is 314 Å². The van der Waals surface area contributed by atoms with Gasteiger partial charge in [0.1, 0.15) is 28.3 Å². The lowest BCUT2D eigenvalue weighted by atomic mass is 9.63. The molecule has 2 fully saturated rings. The number of nitrogens with one attached hydrogen (secondary N) is 1. The maximum absolute atomic E-state index is 15.5. The molecule has 0 bridgehead atoms. The second-order valence-corrected chi connectivity index (χ2v) is 17.5. The first-order valence-corrected chi connectivity index (χ1v) is 20.6. The Kier molecular flexibility index (Phi) is 9.50. The van der Waals surface area contributed by atoms with Crippen LogP contribution in [0.3, 0.4) is 0 Å². The van der Waals surface area contributed by atoms with Gasteiger partial charge in [0.2, 0.25) is 16.0 Å². The minimum Gasteiger partial charge on any atom is -0.389 e. The van der Waals surface area contributed by atoms with E-state index >= 15 is 8.78 Å². The third kappa shape index (κ3) is 6.15. The fourth-order valence-electron chi connectivity index (χ4n) is 8.66. The van der Waals surface area contributed by atoms with E-state index in [9.17, 15) is 18.5 Å². The number of halogens is 2. The first kappa shape index (κ1) is 36.2. The number of rotatable bonds is 5. The van der Waals surface area contributed by atoms with Crippen molar-refractivity contribution in [3.63, 3.8) is 0 Å². The molecule has 2 aliphatic heterocycles. The predicted molar refractivity (Wildman–Crippen MR) is 195 cm³/mol. The van der Waals surface area contributed by atoms with Gasteiger partial charge in [-0.25, -0.2) is 22.5 Å². The number of hydrogen-bond acceptors (Lipinski definition) is 15. The number of anilines is 3. The van der Waals surface area contributed by atoms with Gasteiger partial charge in [-0.05, 0) is 76.8 Å². The van der Waals surface area contributed by atoms with Gasteiger partial charge < -0.3 is 20.5 Å². The van der Waals surface area contributed by atoms with Crippen molar-refractivity contribution in [3.05, 3.63) is 45.8 Å². The molecule has 3 N–H and O–H groups in total. The normalized spacial score (nSPS) is 24.1. The van der Waals surface area contributed by atoms with Gasteiger partial charge in [0.15, 0.2) is 5.76 Å². The summed E-state index contributed by atoms with van der Waals surface area (Å²) in [6.45, 7) is 0.274. The molecule has 3 atom stereocenters. The van der Waals surface area contributed by atoms with Crippen molar-refractivity contribution in [1.82, 2.24) is 39.7 Å². The Hall–Kier alpha value is -4.74. The zero-order chi connectivity index (χ0) is 37.8. The molecule has 286 valence electrons. The van der Waals surface area contributed by atoms with Crippen molar-refractivity contribution in [2.75, 3.05) is 47.5 Å². The van der Waals surface area contributed by atoms with Crippen LogP contribution >= 0.6 is 11.3 Å². The molecular formula is C34H40F2N12O4S2. The molecule has 4 aliphatic rings. The molecule has 4 aromatic heterocycles. The summed E-state index contributed by atoms with van der Waals surface area (Å²) in [5, 5.41) is 25.8. The van der Waals surface area contributed by atoms with E-state index < -0.39 is 46.4 Å². The van der Waals surface area contributed by atoms with E-state index in [-0.39, 0.29) is 36.3 Å². The standard InChI is InChI=1S/C34H40F2N12O4S2/c1-20-18-39-11-5-13-45(20)32-41-24(28-22-7-2-9-34(29(22)52-43-28)10-3-8-25-27(34)23(17-37)30(38)53-25)16-26(42-32)48(31(35)36)21-6-4-15-54(50,51)47(19-21)33(49)46-14-12-40-44-46/h12,14,16,20-21,31,39H,2-11,13,15,18-19,38H2,1H3/t20-,21?,34-/m0/s1. The highest BCUT2D eigenvalue weighted by molar-refractivity contribution is 7.89. The van der Waals surface area contributed by atoms with Gasteiger partial charge in [-0.2, -0.15) is 23.7 Å². The molecule has 1 unspecified atom stereocenters. The molecule has 16 nitrogen and oxygen atoms in total. The van der Waals surface area contributed by atoms with Crippen LogP contribution in [0.5, 0.6) is 0 Å². The number of aromatic nitrogens is 6. The summed E-state index contributed by atoms with van der Waals surface area (Å²) in [6.07, 6.45) is 7.84. The molecule has 1 spiro atoms. The van der Waals surface area contributed by atoms with Gasteiger partial charge in [-0.1, -0.05) is 10.4 Å². The second-order valence-electron chi connectivity index (χ2n) is 14.3. The van der Waals surface area contributed by atoms with Crippen LogP contribution in [0.15, 0.2) is 23.0 Å². The van der Waals surface area contributed by atoms with E-state index in [4.69, 9.17) is 20.2 Å².